The van der Waals surface area contributed by atoms with Crippen LogP contribution >= 0.6 is 0 Å². The van der Waals surface area contributed by atoms with E-state index in [0.29, 0.717) is 6.54 Å². The molecule has 0 amide bonds. The molecule has 0 saturated carbocycles. The molecule has 0 radical (unpaired) electrons. The first-order chi connectivity index (χ1) is 7.07. The van der Waals surface area contributed by atoms with Crippen molar-refractivity contribution in [2.75, 3.05) is 18.0 Å². The fourth-order valence-electron chi connectivity index (χ4n) is 2.03. The van der Waals surface area contributed by atoms with Crippen molar-refractivity contribution in [2.24, 2.45) is 0 Å². The van der Waals surface area contributed by atoms with Crippen LogP contribution in [-0.4, -0.2) is 28.8 Å². The number of rotatable bonds is 1. The maximum Gasteiger partial charge on any atom is 0.214 e. The number of halogens is 1. The summed E-state index contributed by atoms with van der Waals surface area (Å²) in [5.41, 5.74) is 0.125. The van der Waals surface area contributed by atoms with Gasteiger partial charge in [-0.25, -0.2) is 4.98 Å². The van der Waals surface area contributed by atoms with Crippen LogP contribution in [0.2, 0.25) is 0 Å². The zero-order valence-corrected chi connectivity index (χ0v) is 8.78. The Morgan fingerprint density at radius 2 is 2.40 bits per heavy atom. The zero-order chi connectivity index (χ0) is 10.9. The van der Waals surface area contributed by atoms with Gasteiger partial charge in [0.25, 0.3) is 0 Å². The second-order valence-corrected chi connectivity index (χ2v) is 4.36. The summed E-state index contributed by atoms with van der Waals surface area (Å²) in [7, 11) is 0. The second-order valence-electron chi connectivity index (χ2n) is 4.36. The van der Waals surface area contributed by atoms with E-state index in [1.54, 1.807) is 6.07 Å². The molecule has 2 rings (SSSR count). The second kappa shape index (κ2) is 3.77. The lowest BCUT2D eigenvalue weighted by Gasteiger charge is -2.38. The number of β-amino-alcohol motifs (C(OH)–C–C–N with tert-alkyl or cyclic N) is 1. The third-order valence-electron chi connectivity index (χ3n) is 2.75. The van der Waals surface area contributed by atoms with Gasteiger partial charge < -0.3 is 10.0 Å². The maximum atomic E-state index is 12.9. The standard InChI is InChI=1S/C11H15FN2O/c1-11(15)4-2-6-14(8-11)9-3-5-13-10(12)7-9/h3,5,7,15H,2,4,6,8H2,1H3. The molecule has 82 valence electrons. The smallest absolute Gasteiger partial charge is 0.214 e. The molecule has 1 atom stereocenters. The van der Waals surface area contributed by atoms with Crippen molar-refractivity contribution in [3.05, 3.63) is 24.3 Å². The van der Waals surface area contributed by atoms with E-state index in [-0.39, 0.29) is 0 Å². The molecular formula is C11H15FN2O. The Balaban J connectivity index is 2.17. The molecule has 1 N–H and O–H groups in total. The van der Waals surface area contributed by atoms with Crippen LogP contribution in [0.25, 0.3) is 0 Å². The first kappa shape index (κ1) is 10.4. The molecule has 1 fully saturated rings. The van der Waals surface area contributed by atoms with Crippen LogP contribution in [0, 0.1) is 5.95 Å². The zero-order valence-electron chi connectivity index (χ0n) is 8.78. The van der Waals surface area contributed by atoms with E-state index in [4.69, 9.17) is 0 Å². The third-order valence-corrected chi connectivity index (χ3v) is 2.75. The third kappa shape index (κ3) is 2.45. The lowest BCUT2D eigenvalue weighted by Crippen LogP contribution is -2.46. The van der Waals surface area contributed by atoms with E-state index in [1.807, 2.05) is 11.8 Å². The van der Waals surface area contributed by atoms with Gasteiger partial charge in [0.05, 0.1) is 5.60 Å². The number of hydrogen-bond donors (Lipinski definition) is 1. The minimum atomic E-state index is -0.669. The van der Waals surface area contributed by atoms with E-state index in [1.165, 1.54) is 12.3 Å². The van der Waals surface area contributed by atoms with E-state index in [2.05, 4.69) is 4.98 Å². The predicted octanol–water partition coefficient (Wildman–Crippen LogP) is 1.57. The Hall–Kier alpha value is -1.16. The Morgan fingerprint density at radius 1 is 1.60 bits per heavy atom. The number of aromatic nitrogens is 1. The molecule has 1 aliphatic heterocycles. The highest BCUT2D eigenvalue weighted by atomic mass is 19.1. The van der Waals surface area contributed by atoms with Gasteiger partial charge in [-0.1, -0.05) is 0 Å². The van der Waals surface area contributed by atoms with Crippen LogP contribution in [0.4, 0.5) is 10.1 Å². The molecule has 0 aliphatic carbocycles. The summed E-state index contributed by atoms with van der Waals surface area (Å²) in [6, 6.07) is 3.17. The average Bonchev–Trinajstić information content (AvgIpc) is 2.16. The number of piperidine rings is 1. The molecular weight excluding hydrogens is 195 g/mol. The lowest BCUT2D eigenvalue weighted by atomic mass is 9.95. The van der Waals surface area contributed by atoms with Gasteiger partial charge >= 0.3 is 0 Å². The Labute approximate surface area is 88.6 Å². The van der Waals surface area contributed by atoms with E-state index in [0.717, 1.165) is 25.1 Å². The topological polar surface area (TPSA) is 36.4 Å². The number of hydrogen-bond acceptors (Lipinski definition) is 3. The van der Waals surface area contributed by atoms with Crippen LogP contribution in [0.3, 0.4) is 0 Å². The van der Waals surface area contributed by atoms with Crippen molar-refractivity contribution in [3.63, 3.8) is 0 Å². The Morgan fingerprint density at radius 3 is 3.07 bits per heavy atom. The molecule has 0 spiro atoms. The molecule has 1 unspecified atom stereocenters. The molecule has 4 heteroatoms. The van der Waals surface area contributed by atoms with Gasteiger partial charge in [0.15, 0.2) is 0 Å². The van der Waals surface area contributed by atoms with Crippen molar-refractivity contribution >= 4 is 5.69 Å². The van der Waals surface area contributed by atoms with Gasteiger partial charge in [-0.05, 0) is 25.8 Å². The lowest BCUT2D eigenvalue weighted by molar-refractivity contribution is 0.0449. The summed E-state index contributed by atoms with van der Waals surface area (Å²) in [5, 5.41) is 9.92. The summed E-state index contributed by atoms with van der Waals surface area (Å²) >= 11 is 0. The van der Waals surface area contributed by atoms with Gasteiger partial charge in [-0.15, -0.1) is 0 Å². The molecule has 3 nitrogen and oxygen atoms in total. The largest absolute Gasteiger partial charge is 0.388 e. The fourth-order valence-corrected chi connectivity index (χ4v) is 2.03. The van der Waals surface area contributed by atoms with Gasteiger partial charge in [0.1, 0.15) is 0 Å². The van der Waals surface area contributed by atoms with Gasteiger partial charge in [0, 0.05) is 31.0 Å². The summed E-state index contributed by atoms with van der Waals surface area (Å²) in [5.74, 6) is -0.474. The van der Waals surface area contributed by atoms with Crippen molar-refractivity contribution in [1.82, 2.24) is 4.98 Å². The number of nitrogens with zero attached hydrogens (tertiary/aromatic N) is 2. The van der Waals surface area contributed by atoms with Gasteiger partial charge in [-0.3, -0.25) is 0 Å². The normalized spacial score (nSPS) is 26.7. The predicted molar refractivity (Wildman–Crippen MR) is 56.3 cm³/mol. The molecule has 15 heavy (non-hydrogen) atoms. The molecule has 1 aromatic rings. The number of anilines is 1. The van der Waals surface area contributed by atoms with Crippen LogP contribution in [-0.2, 0) is 0 Å². The van der Waals surface area contributed by atoms with Gasteiger partial charge in [-0.2, -0.15) is 4.39 Å². The molecule has 1 aliphatic rings. The molecule has 0 aromatic carbocycles. The highest BCUT2D eigenvalue weighted by Gasteiger charge is 2.28. The monoisotopic (exact) mass is 210 g/mol. The first-order valence-corrected chi connectivity index (χ1v) is 5.16. The molecule has 0 bridgehead atoms. The number of pyridine rings is 1. The first-order valence-electron chi connectivity index (χ1n) is 5.16. The van der Waals surface area contributed by atoms with Crippen LogP contribution in [0.15, 0.2) is 18.3 Å². The Kier molecular flexibility index (Phi) is 2.61. The SMILES string of the molecule is CC1(O)CCCN(c2ccnc(F)c2)C1. The fraction of sp³-hybridized carbons (Fsp3) is 0.545. The molecule has 2 heterocycles. The van der Waals surface area contributed by atoms with E-state index in [9.17, 15) is 9.50 Å². The van der Waals surface area contributed by atoms with Crippen LogP contribution in [0.5, 0.6) is 0 Å². The summed E-state index contributed by atoms with van der Waals surface area (Å²) < 4.78 is 12.9. The minimum Gasteiger partial charge on any atom is -0.388 e. The van der Waals surface area contributed by atoms with Gasteiger partial charge in [0.2, 0.25) is 5.95 Å². The van der Waals surface area contributed by atoms with Crippen LogP contribution in [0.1, 0.15) is 19.8 Å². The molecule has 1 aromatic heterocycles. The quantitative estimate of drug-likeness (QED) is 0.715. The molecule has 1 saturated heterocycles. The van der Waals surface area contributed by atoms with Crippen molar-refractivity contribution in [3.8, 4) is 0 Å². The van der Waals surface area contributed by atoms with E-state index < -0.39 is 11.5 Å². The van der Waals surface area contributed by atoms with Crippen molar-refractivity contribution in [1.29, 1.82) is 0 Å². The highest BCUT2D eigenvalue weighted by molar-refractivity contribution is 5.45. The van der Waals surface area contributed by atoms with E-state index >= 15 is 0 Å². The minimum absolute atomic E-state index is 0.474. The number of aliphatic hydroxyl groups is 1. The average molecular weight is 210 g/mol. The summed E-state index contributed by atoms with van der Waals surface area (Å²) in [6.45, 7) is 3.23. The van der Waals surface area contributed by atoms with Crippen LogP contribution < -0.4 is 4.90 Å². The maximum absolute atomic E-state index is 12.9. The Bertz CT molecular complexity index is 354. The summed E-state index contributed by atoms with van der Waals surface area (Å²) in [6.07, 6.45) is 3.18. The van der Waals surface area contributed by atoms with Crippen molar-refractivity contribution < 1.29 is 9.50 Å². The summed E-state index contributed by atoms with van der Waals surface area (Å²) in [4.78, 5) is 5.51. The van der Waals surface area contributed by atoms with Crippen molar-refractivity contribution in [2.45, 2.75) is 25.4 Å². The highest BCUT2D eigenvalue weighted by Crippen LogP contribution is 2.25.